The molecule has 0 atom stereocenters. The van der Waals surface area contributed by atoms with E-state index >= 15 is 0 Å². The second-order valence-corrected chi connectivity index (χ2v) is 5.52. The second kappa shape index (κ2) is 5.53. The number of rotatable bonds is 4. The molecule has 1 heterocycles. The Kier molecular flexibility index (Phi) is 3.58. The fourth-order valence-electron chi connectivity index (χ4n) is 2.60. The summed E-state index contributed by atoms with van der Waals surface area (Å²) in [6.07, 6.45) is 5.00. The van der Waals surface area contributed by atoms with E-state index in [0.29, 0.717) is 12.1 Å². The molecule has 1 aliphatic carbocycles. The Morgan fingerprint density at radius 3 is 2.95 bits per heavy atom. The molecule has 0 radical (unpaired) electrons. The van der Waals surface area contributed by atoms with E-state index in [9.17, 15) is 9.59 Å². The molecule has 3 amide bonds. The minimum absolute atomic E-state index is 0.0695. The van der Waals surface area contributed by atoms with E-state index in [1.165, 1.54) is 19.3 Å². The lowest BCUT2D eigenvalue weighted by Crippen LogP contribution is -2.33. The summed E-state index contributed by atoms with van der Waals surface area (Å²) in [7, 11) is 0. The van der Waals surface area contributed by atoms with Gasteiger partial charge in [0, 0.05) is 24.3 Å². The molecule has 0 spiro atoms. The Morgan fingerprint density at radius 2 is 2.20 bits per heavy atom. The third-order valence-electron chi connectivity index (χ3n) is 4.12. The monoisotopic (exact) mass is 273 g/mol. The molecule has 2 aliphatic rings. The van der Waals surface area contributed by atoms with Gasteiger partial charge in [-0.15, -0.1) is 0 Å². The van der Waals surface area contributed by atoms with Crippen LogP contribution in [-0.2, 0) is 6.54 Å². The fraction of sp³-hybridized carbons (Fsp3) is 0.467. The van der Waals surface area contributed by atoms with Crippen LogP contribution >= 0.6 is 0 Å². The van der Waals surface area contributed by atoms with Gasteiger partial charge in [-0.25, -0.2) is 4.79 Å². The molecular weight excluding hydrogens is 254 g/mol. The number of amides is 3. The van der Waals surface area contributed by atoms with Crippen LogP contribution in [0.4, 0.5) is 10.5 Å². The van der Waals surface area contributed by atoms with Crippen molar-refractivity contribution in [3.8, 4) is 0 Å². The average molecular weight is 273 g/mol. The Morgan fingerprint density at radius 1 is 1.35 bits per heavy atom. The predicted octanol–water partition coefficient (Wildman–Crippen LogP) is 2.24. The van der Waals surface area contributed by atoms with E-state index in [0.717, 1.165) is 30.1 Å². The van der Waals surface area contributed by atoms with Crippen molar-refractivity contribution < 1.29 is 9.59 Å². The van der Waals surface area contributed by atoms with E-state index in [1.807, 2.05) is 6.07 Å². The number of hydrogen-bond donors (Lipinski definition) is 3. The van der Waals surface area contributed by atoms with Crippen LogP contribution in [0, 0.1) is 5.92 Å². The third kappa shape index (κ3) is 2.76. The Balaban J connectivity index is 1.59. The highest BCUT2D eigenvalue weighted by atomic mass is 16.2. The van der Waals surface area contributed by atoms with Crippen LogP contribution < -0.4 is 16.0 Å². The van der Waals surface area contributed by atoms with Gasteiger partial charge < -0.3 is 16.0 Å². The number of benzene rings is 1. The first-order chi connectivity index (χ1) is 9.72. The maximum Gasteiger partial charge on any atom is 0.319 e. The Hall–Kier alpha value is -2.04. The zero-order valence-electron chi connectivity index (χ0n) is 11.4. The lowest BCUT2D eigenvalue weighted by molar-refractivity contribution is 0.0949. The molecule has 5 heteroatoms. The minimum Gasteiger partial charge on any atom is -0.352 e. The zero-order valence-corrected chi connectivity index (χ0v) is 11.4. The number of hydrogen-bond acceptors (Lipinski definition) is 2. The molecule has 3 N–H and O–H groups in total. The van der Waals surface area contributed by atoms with E-state index in [-0.39, 0.29) is 11.9 Å². The van der Waals surface area contributed by atoms with Gasteiger partial charge in [-0.2, -0.15) is 0 Å². The standard InChI is InChI=1S/C15H19N3O2/c19-14(16-7-6-10-2-1-3-10)11-4-5-12-9-17-15(20)18-13(12)8-11/h4-5,8,10H,1-3,6-7,9H2,(H,16,19)(H2,17,18,20). The highest BCUT2D eigenvalue weighted by Crippen LogP contribution is 2.28. The van der Waals surface area contributed by atoms with Gasteiger partial charge in [0.15, 0.2) is 0 Å². The quantitative estimate of drug-likeness (QED) is 0.787. The van der Waals surface area contributed by atoms with Gasteiger partial charge in [0.2, 0.25) is 0 Å². The molecule has 0 unspecified atom stereocenters. The van der Waals surface area contributed by atoms with Gasteiger partial charge in [-0.3, -0.25) is 4.79 Å². The smallest absolute Gasteiger partial charge is 0.319 e. The summed E-state index contributed by atoms with van der Waals surface area (Å²) in [6, 6.07) is 5.20. The van der Waals surface area contributed by atoms with E-state index in [2.05, 4.69) is 16.0 Å². The number of nitrogens with one attached hydrogen (secondary N) is 3. The number of urea groups is 1. The number of carbonyl (C=O) groups excluding carboxylic acids is 2. The predicted molar refractivity (Wildman–Crippen MR) is 76.6 cm³/mol. The van der Waals surface area contributed by atoms with Crippen molar-refractivity contribution >= 4 is 17.6 Å². The first-order valence-electron chi connectivity index (χ1n) is 7.18. The summed E-state index contributed by atoms with van der Waals surface area (Å²) < 4.78 is 0. The number of fused-ring (bicyclic) bond motifs is 1. The summed E-state index contributed by atoms with van der Waals surface area (Å²) in [6.45, 7) is 1.24. The van der Waals surface area contributed by atoms with E-state index in [1.54, 1.807) is 12.1 Å². The van der Waals surface area contributed by atoms with Crippen molar-refractivity contribution in [3.63, 3.8) is 0 Å². The van der Waals surface area contributed by atoms with Gasteiger partial charge in [-0.05, 0) is 30.0 Å². The number of carbonyl (C=O) groups is 2. The van der Waals surface area contributed by atoms with Crippen LogP contribution in [0.3, 0.4) is 0 Å². The SMILES string of the molecule is O=C1NCc2ccc(C(=O)NCCC3CCC3)cc2N1. The zero-order chi connectivity index (χ0) is 13.9. The molecule has 1 aliphatic heterocycles. The summed E-state index contributed by atoms with van der Waals surface area (Å²) in [5.41, 5.74) is 2.32. The fourth-order valence-corrected chi connectivity index (χ4v) is 2.60. The summed E-state index contributed by atoms with van der Waals surface area (Å²) in [5, 5.41) is 8.36. The molecule has 106 valence electrons. The van der Waals surface area contributed by atoms with E-state index in [4.69, 9.17) is 0 Å². The molecule has 0 aromatic heterocycles. The number of anilines is 1. The van der Waals surface area contributed by atoms with Crippen LogP contribution in [0.1, 0.15) is 41.6 Å². The molecule has 3 rings (SSSR count). The topological polar surface area (TPSA) is 70.2 Å². The molecule has 0 bridgehead atoms. The Labute approximate surface area is 118 Å². The van der Waals surface area contributed by atoms with Crippen LogP contribution in [-0.4, -0.2) is 18.5 Å². The van der Waals surface area contributed by atoms with Gasteiger partial charge in [0.05, 0.1) is 0 Å². The highest BCUT2D eigenvalue weighted by Gasteiger charge is 2.18. The summed E-state index contributed by atoms with van der Waals surface area (Å²) in [5.74, 6) is 0.726. The first-order valence-corrected chi connectivity index (χ1v) is 7.18. The van der Waals surface area contributed by atoms with Gasteiger partial charge in [0.1, 0.15) is 0 Å². The molecule has 1 aromatic rings. The average Bonchev–Trinajstić information content (AvgIpc) is 2.40. The second-order valence-electron chi connectivity index (χ2n) is 5.52. The largest absolute Gasteiger partial charge is 0.352 e. The molecule has 1 aromatic carbocycles. The van der Waals surface area contributed by atoms with Crippen LogP contribution in [0.15, 0.2) is 18.2 Å². The molecule has 1 saturated carbocycles. The molecule has 1 fully saturated rings. The summed E-state index contributed by atoms with van der Waals surface area (Å²) >= 11 is 0. The van der Waals surface area contributed by atoms with E-state index < -0.39 is 0 Å². The van der Waals surface area contributed by atoms with Crippen molar-refractivity contribution in [1.29, 1.82) is 0 Å². The normalized spacial score (nSPS) is 17.5. The van der Waals surface area contributed by atoms with Crippen LogP contribution in [0.5, 0.6) is 0 Å². The molecule has 5 nitrogen and oxygen atoms in total. The maximum atomic E-state index is 12.1. The maximum absolute atomic E-state index is 12.1. The molecule has 0 saturated heterocycles. The van der Waals surface area contributed by atoms with Crippen molar-refractivity contribution in [2.45, 2.75) is 32.2 Å². The van der Waals surface area contributed by atoms with Crippen LogP contribution in [0.2, 0.25) is 0 Å². The van der Waals surface area contributed by atoms with Crippen molar-refractivity contribution in [2.75, 3.05) is 11.9 Å². The molecule has 20 heavy (non-hydrogen) atoms. The van der Waals surface area contributed by atoms with Crippen molar-refractivity contribution in [2.24, 2.45) is 5.92 Å². The highest BCUT2D eigenvalue weighted by molar-refractivity contribution is 5.98. The van der Waals surface area contributed by atoms with Crippen molar-refractivity contribution in [3.05, 3.63) is 29.3 Å². The minimum atomic E-state index is -0.222. The van der Waals surface area contributed by atoms with Gasteiger partial charge in [-0.1, -0.05) is 25.3 Å². The van der Waals surface area contributed by atoms with Crippen molar-refractivity contribution in [1.82, 2.24) is 10.6 Å². The summed E-state index contributed by atoms with van der Waals surface area (Å²) in [4.78, 5) is 23.3. The lowest BCUT2D eigenvalue weighted by atomic mass is 9.83. The lowest BCUT2D eigenvalue weighted by Gasteiger charge is -2.25. The van der Waals surface area contributed by atoms with Gasteiger partial charge in [0.25, 0.3) is 5.91 Å². The van der Waals surface area contributed by atoms with Gasteiger partial charge >= 0.3 is 6.03 Å². The Bertz CT molecular complexity index is 538. The van der Waals surface area contributed by atoms with Crippen LogP contribution in [0.25, 0.3) is 0 Å². The molecular formula is C15H19N3O2. The third-order valence-corrected chi connectivity index (χ3v) is 4.12. The first kappa shape index (κ1) is 13.0.